The van der Waals surface area contributed by atoms with E-state index in [9.17, 15) is 23.1 Å². The van der Waals surface area contributed by atoms with E-state index < -0.39 is 27.4 Å². The van der Waals surface area contributed by atoms with Gasteiger partial charge in [0.25, 0.3) is 0 Å². The molecule has 0 spiro atoms. The van der Waals surface area contributed by atoms with Crippen LogP contribution >= 0.6 is 0 Å². The first-order valence-corrected chi connectivity index (χ1v) is 10.4. The molecule has 0 aliphatic rings. The van der Waals surface area contributed by atoms with E-state index in [-0.39, 0.29) is 24.3 Å². The number of sulfonamides is 1. The summed E-state index contributed by atoms with van der Waals surface area (Å²) in [6.07, 6.45) is 0.0735. The van der Waals surface area contributed by atoms with Gasteiger partial charge in [0, 0.05) is 13.0 Å². The number of carboxylic acid groups (broad SMARTS) is 1. The highest BCUT2D eigenvalue weighted by molar-refractivity contribution is 7.89. The van der Waals surface area contributed by atoms with Crippen LogP contribution in [-0.2, 0) is 19.6 Å². The molecule has 0 aliphatic carbocycles. The molecule has 0 aliphatic heterocycles. The maximum absolute atomic E-state index is 12.8. The van der Waals surface area contributed by atoms with Gasteiger partial charge in [0.1, 0.15) is 5.54 Å². The van der Waals surface area contributed by atoms with Gasteiger partial charge in [-0.1, -0.05) is 6.92 Å². The molecule has 8 heteroatoms. The molecule has 0 bridgehead atoms. The van der Waals surface area contributed by atoms with Gasteiger partial charge in [-0.2, -0.15) is 0 Å². The second-order valence-electron chi connectivity index (χ2n) is 7.14. The van der Waals surface area contributed by atoms with Crippen LogP contribution in [0.5, 0.6) is 0 Å². The first-order chi connectivity index (χ1) is 12.3. The highest BCUT2D eigenvalue weighted by Gasteiger charge is 2.32. The molecule has 1 aromatic carbocycles. The van der Waals surface area contributed by atoms with Gasteiger partial charge >= 0.3 is 5.97 Å². The molecule has 0 fully saturated rings. The maximum atomic E-state index is 12.8. The molecule has 152 valence electrons. The number of hydrogen-bond donors (Lipinski definition) is 3. The zero-order valence-corrected chi connectivity index (χ0v) is 17.9. The lowest BCUT2D eigenvalue weighted by molar-refractivity contribution is -0.147. The smallest absolute Gasteiger partial charge is 0.329 e. The molecule has 3 N–H and O–H groups in total. The number of carboxylic acids is 1. The van der Waals surface area contributed by atoms with Crippen molar-refractivity contribution in [2.24, 2.45) is 0 Å². The van der Waals surface area contributed by atoms with E-state index in [0.29, 0.717) is 11.1 Å². The lowest BCUT2D eigenvalue weighted by Crippen LogP contribution is -2.52. The lowest BCUT2D eigenvalue weighted by atomic mass is 9.95. The summed E-state index contributed by atoms with van der Waals surface area (Å²) in [5.41, 5.74) is 2.94. The average molecular weight is 399 g/mol. The quantitative estimate of drug-likeness (QED) is 0.622. The van der Waals surface area contributed by atoms with E-state index >= 15 is 0 Å². The van der Waals surface area contributed by atoms with Gasteiger partial charge in [0.15, 0.2) is 0 Å². The number of nitrogens with one attached hydrogen (secondary N) is 2. The second-order valence-corrected chi connectivity index (χ2v) is 8.84. The molecule has 1 unspecified atom stereocenters. The van der Waals surface area contributed by atoms with Gasteiger partial charge in [0.2, 0.25) is 15.9 Å². The van der Waals surface area contributed by atoms with Crippen molar-refractivity contribution in [3.8, 4) is 0 Å². The minimum atomic E-state index is -3.79. The number of hydrogen-bond acceptors (Lipinski definition) is 4. The average Bonchev–Trinajstić information content (AvgIpc) is 2.57. The zero-order valence-electron chi connectivity index (χ0n) is 17.1. The predicted octanol–water partition coefficient (Wildman–Crippen LogP) is 2.27. The van der Waals surface area contributed by atoms with Crippen LogP contribution in [0.4, 0.5) is 0 Å². The van der Waals surface area contributed by atoms with Crippen LogP contribution in [0.1, 0.15) is 54.5 Å². The molecule has 7 nitrogen and oxygen atoms in total. The summed E-state index contributed by atoms with van der Waals surface area (Å²) in [5.74, 6) is -1.65. The van der Waals surface area contributed by atoms with E-state index in [1.54, 1.807) is 20.8 Å². The van der Waals surface area contributed by atoms with Gasteiger partial charge < -0.3 is 10.4 Å². The summed E-state index contributed by atoms with van der Waals surface area (Å²) in [6.45, 7) is 12.3. The number of carbonyl (C=O) groups excluding carboxylic acids is 1. The first-order valence-electron chi connectivity index (χ1n) is 8.89. The summed E-state index contributed by atoms with van der Waals surface area (Å²) in [5, 5.41) is 11.6. The van der Waals surface area contributed by atoms with Crippen LogP contribution in [0.25, 0.3) is 0 Å². The summed E-state index contributed by atoms with van der Waals surface area (Å²) in [6, 6.07) is 0. The fraction of sp³-hybridized carbons (Fsp3) is 0.579. The van der Waals surface area contributed by atoms with E-state index in [1.807, 2.05) is 20.8 Å². The van der Waals surface area contributed by atoms with Crippen molar-refractivity contribution in [3.63, 3.8) is 0 Å². The molecule has 0 aromatic heterocycles. The molecule has 1 rings (SSSR count). The molecule has 0 saturated heterocycles. The molecule has 0 heterocycles. The van der Waals surface area contributed by atoms with Crippen molar-refractivity contribution in [1.82, 2.24) is 10.0 Å². The molecule has 27 heavy (non-hydrogen) atoms. The number of benzene rings is 1. The molecule has 1 atom stereocenters. The Morgan fingerprint density at radius 1 is 0.963 bits per heavy atom. The van der Waals surface area contributed by atoms with Gasteiger partial charge in [-0.05, 0) is 75.8 Å². The lowest BCUT2D eigenvalue weighted by Gasteiger charge is -2.24. The van der Waals surface area contributed by atoms with Gasteiger partial charge in [0.05, 0.1) is 4.90 Å². The van der Waals surface area contributed by atoms with Crippen molar-refractivity contribution >= 4 is 21.9 Å². The molecule has 0 radical (unpaired) electrons. The maximum Gasteiger partial charge on any atom is 0.329 e. The Hall–Kier alpha value is -1.93. The van der Waals surface area contributed by atoms with E-state index in [0.717, 1.165) is 16.7 Å². The number of aliphatic carboxylic acids is 1. The Morgan fingerprint density at radius 2 is 1.41 bits per heavy atom. The SMILES string of the molecule is CCC(C)(NC(=O)CCNS(=O)(=O)c1c(C)c(C)c(C)c(C)c1C)C(=O)O. The minimum absolute atomic E-state index is 0.113. The Kier molecular flexibility index (Phi) is 7.18. The second kappa shape index (κ2) is 8.39. The zero-order chi connectivity index (χ0) is 21.2. The molecule has 1 amide bonds. The van der Waals surface area contributed by atoms with E-state index in [1.165, 1.54) is 6.92 Å². The molecular weight excluding hydrogens is 368 g/mol. The van der Waals surface area contributed by atoms with Crippen LogP contribution in [0.15, 0.2) is 4.90 Å². The van der Waals surface area contributed by atoms with Crippen molar-refractivity contribution in [3.05, 3.63) is 27.8 Å². The monoisotopic (exact) mass is 398 g/mol. The fourth-order valence-electron chi connectivity index (χ4n) is 2.90. The highest BCUT2D eigenvalue weighted by Crippen LogP contribution is 2.29. The molecular formula is C19H30N2O5S. The predicted molar refractivity (Wildman–Crippen MR) is 104 cm³/mol. The summed E-state index contributed by atoms with van der Waals surface area (Å²) in [4.78, 5) is 23.5. The van der Waals surface area contributed by atoms with Crippen molar-refractivity contribution < 1.29 is 23.1 Å². The van der Waals surface area contributed by atoms with Gasteiger partial charge in [-0.25, -0.2) is 17.9 Å². The third-order valence-electron chi connectivity index (χ3n) is 5.44. The van der Waals surface area contributed by atoms with E-state index in [4.69, 9.17) is 0 Å². The number of carbonyl (C=O) groups is 2. The largest absolute Gasteiger partial charge is 0.480 e. The Labute approximate surface area is 161 Å². The topological polar surface area (TPSA) is 113 Å². The van der Waals surface area contributed by atoms with Crippen LogP contribution < -0.4 is 10.0 Å². The third kappa shape index (κ3) is 4.87. The summed E-state index contributed by atoms with van der Waals surface area (Å²) < 4.78 is 28.0. The van der Waals surface area contributed by atoms with Gasteiger partial charge in [-0.3, -0.25) is 4.79 Å². The van der Waals surface area contributed by atoms with Crippen LogP contribution in [0.3, 0.4) is 0 Å². The van der Waals surface area contributed by atoms with E-state index in [2.05, 4.69) is 10.0 Å². The summed E-state index contributed by atoms with van der Waals surface area (Å²) in [7, 11) is -3.79. The Balaban J connectivity index is 2.93. The highest BCUT2D eigenvalue weighted by atomic mass is 32.2. The Bertz CT molecular complexity index is 832. The standard InChI is InChI=1S/C19H30N2O5S/c1-8-19(7,18(23)24)21-16(22)9-10-20-27(25,26)17-14(5)12(3)11(2)13(4)15(17)6/h20H,8-10H2,1-7H3,(H,21,22)(H,23,24). The van der Waals surface area contributed by atoms with Crippen molar-refractivity contribution in [2.45, 2.75) is 71.7 Å². The first kappa shape index (κ1) is 23.1. The van der Waals surface area contributed by atoms with Crippen LogP contribution in [0.2, 0.25) is 0 Å². The minimum Gasteiger partial charge on any atom is -0.480 e. The van der Waals surface area contributed by atoms with Crippen molar-refractivity contribution in [1.29, 1.82) is 0 Å². The third-order valence-corrected chi connectivity index (χ3v) is 7.17. The fourth-order valence-corrected chi connectivity index (χ4v) is 4.53. The number of rotatable bonds is 8. The summed E-state index contributed by atoms with van der Waals surface area (Å²) >= 11 is 0. The van der Waals surface area contributed by atoms with Crippen LogP contribution in [0, 0.1) is 34.6 Å². The van der Waals surface area contributed by atoms with Gasteiger partial charge in [-0.15, -0.1) is 0 Å². The molecule has 0 saturated carbocycles. The van der Waals surface area contributed by atoms with Crippen molar-refractivity contribution in [2.75, 3.05) is 6.54 Å². The number of amides is 1. The normalized spacial score (nSPS) is 13.9. The molecule has 1 aromatic rings. The Morgan fingerprint density at radius 3 is 1.81 bits per heavy atom. The van der Waals surface area contributed by atoms with Crippen LogP contribution in [-0.4, -0.2) is 37.5 Å².